The lowest BCUT2D eigenvalue weighted by Gasteiger charge is -2.06. The van der Waals surface area contributed by atoms with Gasteiger partial charge in [-0.3, -0.25) is 0 Å². The minimum Gasteiger partial charge on any atom is -0.444 e. The van der Waals surface area contributed by atoms with Crippen LogP contribution in [-0.4, -0.2) is 0 Å². The normalized spacial score (nSPS) is 10.5. The first-order valence-corrected chi connectivity index (χ1v) is 6.45. The summed E-state index contributed by atoms with van der Waals surface area (Å²) in [6, 6.07) is 12.2. The molecule has 0 radical (unpaired) electrons. The summed E-state index contributed by atoms with van der Waals surface area (Å²) in [5, 5.41) is 3.31. The lowest BCUT2D eigenvalue weighted by atomic mass is 10.1. The molecule has 0 atom stereocenters. The molecule has 3 heteroatoms. The maximum absolute atomic E-state index is 5.52. The quantitative estimate of drug-likeness (QED) is 0.812. The number of rotatable bonds is 6. The lowest BCUT2D eigenvalue weighted by Crippen LogP contribution is -1.98. The van der Waals surface area contributed by atoms with Crippen molar-refractivity contribution in [1.29, 1.82) is 0 Å². The molecule has 1 aromatic carbocycles. The van der Waals surface area contributed by atoms with Gasteiger partial charge < -0.3 is 15.5 Å². The van der Waals surface area contributed by atoms with Crippen LogP contribution in [0.5, 0.6) is 0 Å². The Hall–Kier alpha value is -1.90. The van der Waals surface area contributed by atoms with Crippen molar-refractivity contribution in [1.82, 2.24) is 0 Å². The zero-order valence-electron chi connectivity index (χ0n) is 10.8. The molecule has 3 N–H and O–H groups in total. The van der Waals surface area contributed by atoms with Crippen LogP contribution in [0, 0.1) is 0 Å². The number of nitrogens with one attached hydrogen (secondary N) is 1. The fourth-order valence-electron chi connectivity index (χ4n) is 1.85. The SMILES string of the molecule is CCCCc1ccc(NCc2ccc(N)o2)cc1. The molecule has 0 spiro atoms. The van der Waals surface area contributed by atoms with Crippen molar-refractivity contribution < 1.29 is 4.42 Å². The topological polar surface area (TPSA) is 51.2 Å². The van der Waals surface area contributed by atoms with E-state index in [1.807, 2.05) is 6.07 Å². The van der Waals surface area contributed by atoms with Crippen LogP contribution >= 0.6 is 0 Å². The third kappa shape index (κ3) is 3.55. The van der Waals surface area contributed by atoms with E-state index in [1.54, 1.807) is 6.07 Å². The van der Waals surface area contributed by atoms with Gasteiger partial charge in [-0.1, -0.05) is 25.5 Å². The molecular formula is C15H20N2O. The number of unbranched alkanes of at least 4 members (excludes halogenated alkanes) is 1. The third-order valence-corrected chi connectivity index (χ3v) is 2.92. The Bertz CT molecular complexity index is 473. The first kappa shape index (κ1) is 12.6. The number of furan rings is 1. The number of anilines is 2. The van der Waals surface area contributed by atoms with Gasteiger partial charge in [0, 0.05) is 11.8 Å². The van der Waals surface area contributed by atoms with Gasteiger partial charge in [-0.05, 0) is 36.6 Å². The van der Waals surface area contributed by atoms with E-state index in [9.17, 15) is 0 Å². The van der Waals surface area contributed by atoms with Crippen molar-refractivity contribution >= 4 is 11.6 Å². The number of nitrogen functional groups attached to an aromatic ring is 1. The molecule has 0 fully saturated rings. The highest BCUT2D eigenvalue weighted by atomic mass is 16.4. The zero-order chi connectivity index (χ0) is 12.8. The number of hydrogen-bond donors (Lipinski definition) is 2. The van der Waals surface area contributed by atoms with Crippen molar-refractivity contribution in [2.24, 2.45) is 0 Å². The van der Waals surface area contributed by atoms with Crippen molar-refractivity contribution in [3.05, 3.63) is 47.7 Å². The van der Waals surface area contributed by atoms with Crippen LogP contribution in [0.1, 0.15) is 31.1 Å². The third-order valence-electron chi connectivity index (χ3n) is 2.92. The van der Waals surface area contributed by atoms with Crippen LogP contribution in [0.15, 0.2) is 40.8 Å². The summed E-state index contributed by atoms with van der Waals surface area (Å²) < 4.78 is 5.30. The monoisotopic (exact) mass is 244 g/mol. The maximum Gasteiger partial charge on any atom is 0.190 e. The first-order valence-electron chi connectivity index (χ1n) is 6.45. The second kappa shape index (κ2) is 6.15. The maximum atomic E-state index is 5.52. The van der Waals surface area contributed by atoms with Crippen LogP contribution in [-0.2, 0) is 13.0 Å². The van der Waals surface area contributed by atoms with Crippen LogP contribution < -0.4 is 11.1 Å². The predicted octanol–water partition coefficient (Wildman–Crippen LogP) is 3.82. The number of aryl methyl sites for hydroxylation is 1. The van der Waals surface area contributed by atoms with E-state index in [4.69, 9.17) is 10.2 Å². The van der Waals surface area contributed by atoms with E-state index in [-0.39, 0.29) is 0 Å². The summed E-state index contributed by atoms with van der Waals surface area (Å²) >= 11 is 0. The largest absolute Gasteiger partial charge is 0.444 e. The van der Waals surface area contributed by atoms with Gasteiger partial charge in [0.2, 0.25) is 0 Å². The smallest absolute Gasteiger partial charge is 0.190 e. The summed E-state index contributed by atoms with van der Waals surface area (Å²) in [5.41, 5.74) is 8.01. The fourth-order valence-corrected chi connectivity index (χ4v) is 1.85. The summed E-state index contributed by atoms with van der Waals surface area (Å²) in [4.78, 5) is 0. The molecule has 3 nitrogen and oxygen atoms in total. The second-order valence-electron chi connectivity index (χ2n) is 4.46. The van der Waals surface area contributed by atoms with Crippen molar-refractivity contribution in [2.45, 2.75) is 32.7 Å². The number of benzene rings is 1. The van der Waals surface area contributed by atoms with Crippen LogP contribution in [0.25, 0.3) is 0 Å². The van der Waals surface area contributed by atoms with Crippen molar-refractivity contribution in [2.75, 3.05) is 11.1 Å². The molecule has 0 saturated heterocycles. The van der Waals surface area contributed by atoms with Crippen LogP contribution in [0.4, 0.5) is 11.6 Å². The Labute approximate surface area is 108 Å². The molecular weight excluding hydrogens is 224 g/mol. The van der Waals surface area contributed by atoms with Gasteiger partial charge in [-0.25, -0.2) is 0 Å². The standard InChI is InChI=1S/C15H20N2O/c1-2-3-4-12-5-7-13(8-6-12)17-11-14-9-10-15(16)18-14/h5-10,17H,2-4,11,16H2,1H3. The van der Waals surface area contributed by atoms with E-state index in [2.05, 4.69) is 36.5 Å². The summed E-state index contributed by atoms with van der Waals surface area (Å²) in [6.07, 6.45) is 3.64. The zero-order valence-corrected chi connectivity index (χ0v) is 10.8. The van der Waals surface area contributed by atoms with E-state index < -0.39 is 0 Å². The molecule has 2 rings (SSSR count). The minimum atomic E-state index is 0.460. The van der Waals surface area contributed by atoms with Crippen molar-refractivity contribution in [3.8, 4) is 0 Å². The van der Waals surface area contributed by atoms with Crippen molar-refractivity contribution in [3.63, 3.8) is 0 Å². The van der Waals surface area contributed by atoms with Gasteiger partial charge in [0.05, 0.1) is 6.54 Å². The molecule has 0 bridgehead atoms. The summed E-state index contributed by atoms with van der Waals surface area (Å²) in [6.45, 7) is 2.87. The highest BCUT2D eigenvalue weighted by molar-refractivity contribution is 5.45. The molecule has 0 amide bonds. The molecule has 0 saturated carbocycles. The van der Waals surface area contributed by atoms with Crippen LogP contribution in [0.3, 0.4) is 0 Å². The average Bonchev–Trinajstić information content (AvgIpc) is 2.81. The van der Waals surface area contributed by atoms with Gasteiger partial charge in [0.15, 0.2) is 5.88 Å². The lowest BCUT2D eigenvalue weighted by molar-refractivity contribution is 0.536. The Kier molecular flexibility index (Phi) is 4.29. The number of hydrogen-bond acceptors (Lipinski definition) is 3. The Balaban J connectivity index is 1.86. The molecule has 1 aromatic heterocycles. The fraction of sp³-hybridized carbons (Fsp3) is 0.333. The Morgan fingerprint density at radius 2 is 1.89 bits per heavy atom. The van der Waals surface area contributed by atoms with E-state index in [0.717, 1.165) is 17.9 Å². The van der Waals surface area contributed by atoms with Gasteiger partial charge >= 0.3 is 0 Å². The van der Waals surface area contributed by atoms with Gasteiger partial charge in [0.25, 0.3) is 0 Å². The molecule has 0 aliphatic heterocycles. The highest BCUT2D eigenvalue weighted by Gasteiger charge is 1.99. The molecule has 0 unspecified atom stereocenters. The Morgan fingerprint density at radius 1 is 1.11 bits per heavy atom. The molecule has 0 aliphatic carbocycles. The minimum absolute atomic E-state index is 0.460. The van der Waals surface area contributed by atoms with E-state index in [0.29, 0.717) is 12.4 Å². The van der Waals surface area contributed by atoms with E-state index in [1.165, 1.54) is 18.4 Å². The molecule has 96 valence electrons. The van der Waals surface area contributed by atoms with Gasteiger partial charge in [-0.15, -0.1) is 0 Å². The summed E-state index contributed by atoms with van der Waals surface area (Å²) in [5.74, 6) is 1.31. The molecule has 1 heterocycles. The first-order chi connectivity index (χ1) is 8.78. The Morgan fingerprint density at radius 3 is 2.50 bits per heavy atom. The van der Waals surface area contributed by atoms with Gasteiger partial charge in [0.1, 0.15) is 5.76 Å². The average molecular weight is 244 g/mol. The van der Waals surface area contributed by atoms with Crippen LogP contribution in [0.2, 0.25) is 0 Å². The van der Waals surface area contributed by atoms with E-state index >= 15 is 0 Å². The summed E-state index contributed by atoms with van der Waals surface area (Å²) in [7, 11) is 0. The number of nitrogens with two attached hydrogens (primary N) is 1. The highest BCUT2D eigenvalue weighted by Crippen LogP contribution is 2.14. The predicted molar refractivity (Wildman–Crippen MR) is 75.5 cm³/mol. The molecule has 2 aromatic rings. The molecule has 18 heavy (non-hydrogen) atoms. The van der Waals surface area contributed by atoms with Gasteiger partial charge in [-0.2, -0.15) is 0 Å². The second-order valence-corrected chi connectivity index (χ2v) is 4.46. The molecule has 0 aliphatic rings.